The molecular weight excluding hydrogens is 434 g/mol. The van der Waals surface area contributed by atoms with Crippen molar-refractivity contribution >= 4 is 40.9 Å². The molecule has 0 spiro atoms. The lowest BCUT2D eigenvalue weighted by atomic mass is 10.1. The summed E-state index contributed by atoms with van der Waals surface area (Å²) in [7, 11) is 1.81. The van der Waals surface area contributed by atoms with Crippen LogP contribution in [0.15, 0.2) is 47.6 Å². The van der Waals surface area contributed by atoms with E-state index in [1.54, 1.807) is 28.8 Å². The minimum Gasteiger partial charge on any atom is -0.342 e. The molecule has 0 radical (unpaired) electrons. The van der Waals surface area contributed by atoms with Gasteiger partial charge >= 0.3 is 0 Å². The third-order valence-corrected chi connectivity index (χ3v) is 6.11. The predicted octanol–water partition coefficient (Wildman–Crippen LogP) is 4.31. The zero-order chi connectivity index (χ0) is 22.5. The Morgan fingerprint density at radius 1 is 1.10 bits per heavy atom. The van der Waals surface area contributed by atoms with Crippen molar-refractivity contribution in [2.24, 2.45) is 7.05 Å². The Hall–Kier alpha value is -2.84. The van der Waals surface area contributed by atoms with E-state index in [4.69, 9.17) is 11.6 Å². The van der Waals surface area contributed by atoms with Crippen LogP contribution in [-0.2, 0) is 11.8 Å². The molecule has 0 aliphatic heterocycles. The number of amides is 2. The number of carbonyl (C=O) groups is 2. The average molecular weight is 458 g/mol. The second-order valence-electron chi connectivity index (χ2n) is 7.24. The van der Waals surface area contributed by atoms with Crippen LogP contribution < -0.4 is 10.6 Å². The number of aromatic nitrogens is 3. The normalized spacial score (nSPS) is 11.8. The number of rotatable bonds is 7. The first kappa shape index (κ1) is 22.8. The fourth-order valence-electron chi connectivity index (χ4n) is 2.92. The number of hydrogen-bond donors (Lipinski definition) is 2. The zero-order valence-corrected chi connectivity index (χ0v) is 19.3. The summed E-state index contributed by atoms with van der Waals surface area (Å²) >= 11 is 7.15. The molecule has 3 aromatic rings. The van der Waals surface area contributed by atoms with Gasteiger partial charge in [-0.3, -0.25) is 9.59 Å². The van der Waals surface area contributed by atoms with Crippen LogP contribution >= 0.6 is 23.4 Å². The quantitative estimate of drug-likeness (QED) is 0.516. The van der Waals surface area contributed by atoms with Crippen LogP contribution in [-0.4, -0.2) is 32.3 Å². The lowest BCUT2D eigenvalue weighted by Crippen LogP contribution is -2.28. The molecule has 3 rings (SSSR count). The number of halogens is 1. The van der Waals surface area contributed by atoms with Crippen LogP contribution in [0.1, 0.15) is 40.3 Å². The molecule has 31 heavy (non-hydrogen) atoms. The number of nitrogens with zero attached hydrogens (tertiary/aromatic N) is 3. The van der Waals surface area contributed by atoms with E-state index in [1.165, 1.54) is 17.3 Å². The first-order valence-corrected chi connectivity index (χ1v) is 11.1. The van der Waals surface area contributed by atoms with Crippen LogP contribution in [0.25, 0.3) is 0 Å². The Kier molecular flexibility index (Phi) is 7.35. The monoisotopic (exact) mass is 457 g/mol. The van der Waals surface area contributed by atoms with Crippen LogP contribution in [0.2, 0.25) is 5.02 Å². The number of benzene rings is 2. The van der Waals surface area contributed by atoms with Crippen LogP contribution in [0.4, 0.5) is 5.69 Å². The van der Waals surface area contributed by atoms with Gasteiger partial charge in [0.15, 0.2) is 11.0 Å². The van der Waals surface area contributed by atoms with Crippen molar-refractivity contribution in [2.75, 3.05) is 11.1 Å². The van der Waals surface area contributed by atoms with Gasteiger partial charge in [-0.25, -0.2) is 0 Å². The van der Waals surface area contributed by atoms with E-state index in [0.717, 1.165) is 11.3 Å². The van der Waals surface area contributed by atoms with Crippen LogP contribution in [0.5, 0.6) is 0 Å². The first-order chi connectivity index (χ1) is 14.7. The molecule has 0 bridgehead atoms. The molecule has 9 heteroatoms. The van der Waals surface area contributed by atoms with Gasteiger partial charge in [0.1, 0.15) is 0 Å². The van der Waals surface area contributed by atoms with E-state index in [2.05, 4.69) is 20.8 Å². The van der Waals surface area contributed by atoms with Gasteiger partial charge in [-0.15, -0.1) is 10.2 Å². The summed E-state index contributed by atoms with van der Waals surface area (Å²) in [6.45, 7) is 5.87. The fraction of sp³-hybridized carbons (Fsp3) is 0.273. The summed E-state index contributed by atoms with van der Waals surface area (Å²) < 4.78 is 1.78. The molecule has 0 aliphatic carbocycles. The summed E-state index contributed by atoms with van der Waals surface area (Å²) in [4.78, 5) is 24.7. The third kappa shape index (κ3) is 5.86. The molecule has 1 atom stereocenters. The highest BCUT2D eigenvalue weighted by molar-refractivity contribution is 7.99. The maximum Gasteiger partial charge on any atom is 0.251 e. The molecule has 0 fully saturated rings. The number of aryl methyl sites for hydroxylation is 2. The fourth-order valence-corrected chi connectivity index (χ4v) is 3.77. The third-order valence-electron chi connectivity index (χ3n) is 4.83. The number of nitrogens with one attached hydrogen (secondary N) is 2. The topological polar surface area (TPSA) is 88.9 Å². The van der Waals surface area contributed by atoms with Gasteiger partial charge < -0.3 is 15.2 Å². The lowest BCUT2D eigenvalue weighted by Gasteiger charge is -2.13. The maximum atomic E-state index is 12.4. The van der Waals surface area contributed by atoms with Crippen molar-refractivity contribution in [2.45, 2.75) is 32.0 Å². The Balaban J connectivity index is 1.57. The predicted molar refractivity (Wildman–Crippen MR) is 124 cm³/mol. The molecule has 0 unspecified atom stereocenters. The molecule has 1 aromatic heterocycles. The Morgan fingerprint density at radius 2 is 1.81 bits per heavy atom. The van der Waals surface area contributed by atoms with Gasteiger partial charge in [-0.05, 0) is 68.3 Å². The van der Waals surface area contributed by atoms with Crippen molar-refractivity contribution in [1.29, 1.82) is 0 Å². The standard InChI is InChI=1S/C22H24ClN5O2S/c1-13-5-10-18(11-14(13)2)25-19(29)12-31-22-27-26-20(28(22)4)15(3)24-21(30)16-6-8-17(23)9-7-16/h5-11,15H,12H2,1-4H3,(H,24,30)(H,25,29)/t15-/m0/s1. The van der Waals surface area contributed by atoms with E-state index < -0.39 is 0 Å². The molecule has 0 saturated heterocycles. The second-order valence-corrected chi connectivity index (χ2v) is 8.62. The highest BCUT2D eigenvalue weighted by Crippen LogP contribution is 2.20. The van der Waals surface area contributed by atoms with E-state index in [9.17, 15) is 9.59 Å². The minimum absolute atomic E-state index is 0.123. The lowest BCUT2D eigenvalue weighted by molar-refractivity contribution is -0.113. The van der Waals surface area contributed by atoms with Crippen molar-refractivity contribution < 1.29 is 9.59 Å². The highest BCUT2D eigenvalue weighted by Gasteiger charge is 2.19. The minimum atomic E-state index is -0.362. The van der Waals surface area contributed by atoms with Gasteiger partial charge in [-0.1, -0.05) is 29.4 Å². The first-order valence-electron chi connectivity index (χ1n) is 9.70. The van der Waals surface area contributed by atoms with Gasteiger partial charge in [0.25, 0.3) is 5.91 Å². The van der Waals surface area contributed by atoms with Crippen molar-refractivity contribution in [3.8, 4) is 0 Å². The molecule has 1 heterocycles. The molecule has 2 N–H and O–H groups in total. The number of thioether (sulfide) groups is 1. The molecular formula is C22H24ClN5O2S. The smallest absolute Gasteiger partial charge is 0.251 e. The molecule has 0 aliphatic rings. The Bertz CT molecular complexity index is 1100. The zero-order valence-electron chi connectivity index (χ0n) is 17.8. The maximum absolute atomic E-state index is 12.4. The van der Waals surface area contributed by atoms with E-state index in [1.807, 2.05) is 46.0 Å². The molecule has 0 saturated carbocycles. The number of carbonyl (C=O) groups excluding carboxylic acids is 2. The summed E-state index contributed by atoms with van der Waals surface area (Å²) in [5.74, 6) is 0.445. The van der Waals surface area contributed by atoms with Crippen molar-refractivity contribution in [3.05, 3.63) is 70.0 Å². The van der Waals surface area contributed by atoms with Crippen molar-refractivity contribution in [3.63, 3.8) is 0 Å². The number of hydrogen-bond acceptors (Lipinski definition) is 5. The Morgan fingerprint density at radius 3 is 2.48 bits per heavy atom. The molecule has 7 nitrogen and oxygen atoms in total. The molecule has 2 amide bonds. The van der Waals surface area contributed by atoms with Gasteiger partial charge in [0.05, 0.1) is 11.8 Å². The Labute approximate surface area is 190 Å². The largest absolute Gasteiger partial charge is 0.342 e. The van der Waals surface area contributed by atoms with Gasteiger partial charge in [0.2, 0.25) is 5.91 Å². The number of anilines is 1. The summed E-state index contributed by atoms with van der Waals surface area (Å²) in [5, 5.41) is 15.3. The second kappa shape index (κ2) is 9.98. The van der Waals surface area contributed by atoms with Crippen LogP contribution in [0.3, 0.4) is 0 Å². The van der Waals surface area contributed by atoms with Crippen LogP contribution in [0, 0.1) is 13.8 Å². The van der Waals surface area contributed by atoms with Gasteiger partial charge in [0, 0.05) is 23.3 Å². The summed E-state index contributed by atoms with van der Waals surface area (Å²) in [6, 6.07) is 12.1. The summed E-state index contributed by atoms with van der Waals surface area (Å²) in [5.41, 5.74) is 3.58. The van der Waals surface area contributed by atoms with E-state index >= 15 is 0 Å². The summed E-state index contributed by atoms with van der Waals surface area (Å²) in [6.07, 6.45) is 0. The molecule has 162 valence electrons. The van der Waals surface area contributed by atoms with Crippen molar-refractivity contribution in [1.82, 2.24) is 20.1 Å². The van der Waals surface area contributed by atoms with E-state index in [-0.39, 0.29) is 23.6 Å². The highest BCUT2D eigenvalue weighted by atomic mass is 35.5. The molecule has 2 aromatic carbocycles. The SMILES string of the molecule is Cc1ccc(NC(=O)CSc2nnc([C@H](C)NC(=O)c3ccc(Cl)cc3)n2C)cc1C. The van der Waals surface area contributed by atoms with E-state index in [0.29, 0.717) is 21.6 Å². The average Bonchev–Trinajstić information content (AvgIpc) is 3.10. The van der Waals surface area contributed by atoms with Gasteiger partial charge in [-0.2, -0.15) is 0 Å².